The molecule has 0 aliphatic heterocycles. The zero-order valence-electron chi connectivity index (χ0n) is 17.1. The Kier molecular flexibility index (Phi) is 5.37. The lowest BCUT2D eigenvalue weighted by molar-refractivity contribution is -0.137. The highest BCUT2D eigenvalue weighted by Gasteiger charge is 2.28. The minimum absolute atomic E-state index is 0.00380. The van der Waals surface area contributed by atoms with E-state index in [-0.39, 0.29) is 18.4 Å². The Balaban J connectivity index is 1.51. The van der Waals surface area contributed by atoms with Gasteiger partial charge in [-0.25, -0.2) is 0 Å². The highest BCUT2D eigenvalue weighted by Crippen LogP contribution is 2.40. The average Bonchev–Trinajstić information content (AvgIpc) is 3.26. The zero-order valence-corrected chi connectivity index (χ0v) is 17.1. The smallest absolute Gasteiger partial charge is 0.304 e. The van der Waals surface area contributed by atoms with Gasteiger partial charge in [0.15, 0.2) is 0 Å². The first kappa shape index (κ1) is 19.8. The summed E-state index contributed by atoms with van der Waals surface area (Å²) >= 11 is 0. The van der Waals surface area contributed by atoms with Crippen molar-refractivity contribution < 1.29 is 19.4 Å². The van der Waals surface area contributed by atoms with Crippen molar-refractivity contribution in [2.75, 3.05) is 0 Å². The van der Waals surface area contributed by atoms with E-state index in [9.17, 15) is 10.1 Å². The number of nitrogens with one attached hydrogen (secondary N) is 1. The second-order valence-electron chi connectivity index (χ2n) is 7.96. The van der Waals surface area contributed by atoms with E-state index in [1.54, 1.807) is 6.07 Å². The van der Waals surface area contributed by atoms with Crippen molar-refractivity contribution in [2.24, 2.45) is 0 Å². The summed E-state index contributed by atoms with van der Waals surface area (Å²) in [4.78, 5) is 14.5. The Morgan fingerprint density at radius 1 is 1.30 bits per heavy atom. The first-order chi connectivity index (χ1) is 14.4. The summed E-state index contributed by atoms with van der Waals surface area (Å²) in [5.74, 6) is 0.603. The molecule has 3 aromatic rings. The molecule has 0 radical (unpaired) electrons. The van der Waals surface area contributed by atoms with Crippen LogP contribution in [0.5, 0.6) is 11.5 Å². The normalized spacial score (nSPS) is 15.2. The van der Waals surface area contributed by atoms with Crippen LogP contribution in [0.15, 0.2) is 36.4 Å². The maximum Gasteiger partial charge on any atom is 0.304 e. The van der Waals surface area contributed by atoms with Crippen molar-refractivity contribution in [3.8, 4) is 17.6 Å². The Morgan fingerprint density at radius 3 is 2.87 bits per heavy atom. The predicted molar refractivity (Wildman–Crippen MR) is 113 cm³/mol. The van der Waals surface area contributed by atoms with Crippen LogP contribution in [0.3, 0.4) is 0 Å². The lowest BCUT2D eigenvalue weighted by atomic mass is 10.0. The van der Waals surface area contributed by atoms with E-state index in [4.69, 9.17) is 14.6 Å². The van der Waals surface area contributed by atoms with Crippen molar-refractivity contribution in [3.63, 3.8) is 0 Å². The van der Waals surface area contributed by atoms with Crippen LogP contribution in [0, 0.1) is 11.3 Å². The van der Waals surface area contributed by atoms with Gasteiger partial charge in [0.25, 0.3) is 0 Å². The van der Waals surface area contributed by atoms with Crippen molar-refractivity contribution in [2.45, 2.75) is 51.7 Å². The van der Waals surface area contributed by atoms with Crippen LogP contribution in [0.25, 0.3) is 10.9 Å². The number of H-pyrrole nitrogens is 1. The van der Waals surface area contributed by atoms with E-state index in [1.807, 2.05) is 44.2 Å². The Hall–Kier alpha value is -3.46. The number of aromatic amines is 1. The number of aliphatic carboxylic acids is 1. The number of nitriles is 1. The van der Waals surface area contributed by atoms with Crippen molar-refractivity contribution in [1.82, 2.24) is 4.98 Å². The minimum Gasteiger partial charge on any atom is -0.490 e. The number of hydrogen-bond acceptors (Lipinski definition) is 4. The van der Waals surface area contributed by atoms with Crippen molar-refractivity contribution in [3.05, 3.63) is 58.8 Å². The number of carboxylic acid groups (broad SMARTS) is 1. The van der Waals surface area contributed by atoms with E-state index >= 15 is 0 Å². The lowest BCUT2D eigenvalue weighted by Crippen LogP contribution is -2.07. The van der Waals surface area contributed by atoms with Gasteiger partial charge in [-0.2, -0.15) is 5.26 Å². The third-order valence-corrected chi connectivity index (χ3v) is 5.42. The van der Waals surface area contributed by atoms with Crippen LogP contribution in [0.2, 0.25) is 0 Å². The van der Waals surface area contributed by atoms with Gasteiger partial charge < -0.3 is 19.6 Å². The summed E-state index contributed by atoms with van der Waals surface area (Å²) in [5, 5.41) is 19.6. The van der Waals surface area contributed by atoms with Crippen molar-refractivity contribution >= 4 is 16.9 Å². The number of carboxylic acids is 1. The molecule has 1 aromatic heterocycles. The van der Waals surface area contributed by atoms with Gasteiger partial charge in [0, 0.05) is 22.5 Å². The molecule has 0 fully saturated rings. The quantitative estimate of drug-likeness (QED) is 0.583. The van der Waals surface area contributed by atoms with Gasteiger partial charge >= 0.3 is 5.97 Å². The molecule has 1 atom stereocenters. The fourth-order valence-electron chi connectivity index (χ4n) is 4.11. The predicted octanol–water partition coefficient (Wildman–Crippen LogP) is 4.91. The molecule has 1 aliphatic rings. The van der Waals surface area contributed by atoms with Crippen LogP contribution < -0.4 is 9.47 Å². The molecule has 6 nitrogen and oxygen atoms in total. The molecule has 2 aromatic carbocycles. The topological polar surface area (TPSA) is 95.3 Å². The number of fused-ring (bicyclic) bond motifs is 3. The van der Waals surface area contributed by atoms with Crippen LogP contribution in [-0.4, -0.2) is 22.2 Å². The molecule has 30 heavy (non-hydrogen) atoms. The van der Waals surface area contributed by atoms with E-state index in [1.165, 1.54) is 5.56 Å². The van der Waals surface area contributed by atoms with E-state index in [0.717, 1.165) is 40.8 Å². The minimum atomic E-state index is -0.767. The SMILES string of the molecule is CC(C)Oc1ccc(COc2ccc3[nH]c4c(c3c2)CC[C@H]4CC(=O)O)cc1C#N. The van der Waals surface area contributed by atoms with Crippen LogP contribution in [0.1, 0.15) is 55.0 Å². The second-order valence-corrected chi connectivity index (χ2v) is 7.96. The third kappa shape index (κ3) is 3.97. The van der Waals surface area contributed by atoms with E-state index < -0.39 is 5.97 Å². The molecular formula is C24H24N2O4. The molecule has 0 spiro atoms. The molecular weight excluding hydrogens is 380 g/mol. The molecule has 0 bridgehead atoms. The highest BCUT2D eigenvalue weighted by atomic mass is 16.5. The maximum absolute atomic E-state index is 11.1. The van der Waals surface area contributed by atoms with Gasteiger partial charge in [0.1, 0.15) is 24.2 Å². The molecule has 0 amide bonds. The first-order valence-corrected chi connectivity index (χ1v) is 10.1. The molecule has 154 valence electrons. The summed E-state index contributed by atoms with van der Waals surface area (Å²) in [6.07, 6.45) is 1.89. The largest absolute Gasteiger partial charge is 0.490 e. The number of aryl methyl sites for hydroxylation is 1. The Bertz CT molecular complexity index is 1140. The Labute approximate surface area is 175 Å². The molecule has 0 saturated carbocycles. The highest BCUT2D eigenvalue weighted by molar-refractivity contribution is 5.87. The van der Waals surface area contributed by atoms with Gasteiger partial charge in [-0.3, -0.25) is 4.79 Å². The molecule has 6 heteroatoms. The van der Waals surface area contributed by atoms with Crippen LogP contribution in [0.4, 0.5) is 0 Å². The molecule has 4 rings (SSSR count). The van der Waals surface area contributed by atoms with Gasteiger partial charge in [0.05, 0.1) is 18.1 Å². The van der Waals surface area contributed by atoms with Gasteiger partial charge in [-0.15, -0.1) is 0 Å². The molecule has 1 heterocycles. The summed E-state index contributed by atoms with van der Waals surface area (Å²) in [5.41, 5.74) is 4.63. The monoisotopic (exact) mass is 404 g/mol. The Morgan fingerprint density at radius 2 is 2.13 bits per heavy atom. The van der Waals surface area contributed by atoms with Gasteiger partial charge in [0.2, 0.25) is 0 Å². The van der Waals surface area contributed by atoms with Gasteiger partial charge in [-0.05, 0) is 68.1 Å². The fraction of sp³-hybridized carbons (Fsp3) is 0.333. The maximum atomic E-state index is 11.1. The number of carbonyl (C=O) groups is 1. The summed E-state index contributed by atoms with van der Waals surface area (Å²) < 4.78 is 11.6. The number of nitrogens with zero attached hydrogens (tertiary/aromatic N) is 1. The van der Waals surface area contributed by atoms with Crippen LogP contribution in [-0.2, 0) is 17.8 Å². The van der Waals surface area contributed by atoms with Crippen LogP contribution >= 0.6 is 0 Å². The molecule has 1 aliphatic carbocycles. The summed E-state index contributed by atoms with van der Waals surface area (Å²) in [6, 6.07) is 13.6. The number of hydrogen-bond donors (Lipinski definition) is 2. The lowest BCUT2D eigenvalue weighted by Gasteiger charge is -2.12. The van der Waals surface area contributed by atoms with Gasteiger partial charge in [-0.1, -0.05) is 6.07 Å². The van der Waals surface area contributed by atoms with E-state index in [2.05, 4.69) is 11.1 Å². The summed E-state index contributed by atoms with van der Waals surface area (Å²) in [6.45, 7) is 4.20. The fourth-order valence-corrected chi connectivity index (χ4v) is 4.11. The number of aromatic nitrogens is 1. The molecule has 2 N–H and O–H groups in total. The average molecular weight is 404 g/mol. The second kappa shape index (κ2) is 8.11. The standard InChI is InChI=1S/C24H24N2O4/c1-14(2)30-22-8-3-15(9-17(22)12-25)13-29-18-5-7-21-20(11-18)19-6-4-16(10-23(27)28)24(19)26-21/h3,5,7-9,11,14,16,26H,4,6,10,13H2,1-2H3,(H,27,28)/t16-/m0/s1. The first-order valence-electron chi connectivity index (χ1n) is 10.1. The van der Waals surface area contributed by atoms with E-state index in [0.29, 0.717) is 17.9 Å². The third-order valence-electron chi connectivity index (χ3n) is 5.42. The molecule has 0 unspecified atom stereocenters. The van der Waals surface area contributed by atoms with Crippen molar-refractivity contribution in [1.29, 1.82) is 5.26 Å². The number of ether oxygens (including phenoxy) is 2. The number of rotatable bonds is 7. The molecule has 0 saturated heterocycles. The summed E-state index contributed by atoms with van der Waals surface area (Å²) in [7, 11) is 0. The zero-order chi connectivity index (χ0) is 21.3. The number of benzene rings is 2.